The Balaban J connectivity index is 1.80. The second-order valence-corrected chi connectivity index (χ2v) is 5.45. The van der Waals surface area contributed by atoms with Crippen molar-refractivity contribution in [2.45, 2.75) is 18.6 Å². The van der Waals surface area contributed by atoms with Crippen molar-refractivity contribution in [3.63, 3.8) is 0 Å². The van der Waals surface area contributed by atoms with Gasteiger partial charge in [-0.3, -0.25) is 0 Å². The number of hydrazone groups is 1. The number of nitrogens with zero attached hydrogens (tertiary/aromatic N) is 2. The van der Waals surface area contributed by atoms with Crippen molar-refractivity contribution in [3.8, 4) is 0 Å². The molecule has 1 fully saturated rings. The number of benzene rings is 1. The maximum atomic E-state index is 12.6. The van der Waals surface area contributed by atoms with Crippen molar-refractivity contribution in [2.24, 2.45) is 11.0 Å². The first kappa shape index (κ1) is 13.4. The van der Waals surface area contributed by atoms with Gasteiger partial charge in [0.15, 0.2) is 0 Å². The van der Waals surface area contributed by atoms with Crippen LogP contribution in [-0.2, 0) is 6.18 Å². The SMILES string of the molecule is CN1CCC2=NNC(c3ccc(C(F)(F)F)cc3)C2C1. The van der Waals surface area contributed by atoms with Crippen LogP contribution in [0.5, 0.6) is 0 Å². The van der Waals surface area contributed by atoms with Crippen molar-refractivity contribution in [3.05, 3.63) is 35.4 Å². The largest absolute Gasteiger partial charge is 0.416 e. The van der Waals surface area contributed by atoms with Crippen molar-refractivity contribution >= 4 is 5.71 Å². The van der Waals surface area contributed by atoms with Crippen molar-refractivity contribution < 1.29 is 13.2 Å². The highest BCUT2D eigenvalue weighted by Gasteiger charge is 2.36. The van der Waals surface area contributed by atoms with Crippen LogP contribution in [0.4, 0.5) is 13.2 Å². The van der Waals surface area contributed by atoms with Gasteiger partial charge in [-0.1, -0.05) is 12.1 Å². The third-order valence-corrected chi connectivity index (χ3v) is 4.03. The van der Waals surface area contributed by atoms with Gasteiger partial charge >= 0.3 is 6.18 Å². The molecular formula is C14H16F3N3. The highest BCUT2D eigenvalue weighted by atomic mass is 19.4. The normalized spacial score (nSPS) is 26.9. The Labute approximate surface area is 115 Å². The fourth-order valence-electron chi connectivity index (χ4n) is 2.89. The van der Waals surface area contributed by atoms with E-state index >= 15 is 0 Å². The first-order valence-corrected chi connectivity index (χ1v) is 6.63. The van der Waals surface area contributed by atoms with Crippen LogP contribution in [-0.4, -0.2) is 30.7 Å². The lowest BCUT2D eigenvalue weighted by Gasteiger charge is -2.31. The number of hydrogen-bond acceptors (Lipinski definition) is 3. The molecule has 0 radical (unpaired) electrons. The molecule has 1 aromatic carbocycles. The number of rotatable bonds is 1. The van der Waals surface area contributed by atoms with E-state index in [2.05, 4.69) is 22.5 Å². The predicted molar refractivity (Wildman–Crippen MR) is 70.4 cm³/mol. The molecule has 1 saturated heterocycles. The Hall–Kier alpha value is -1.56. The second-order valence-electron chi connectivity index (χ2n) is 5.45. The Morgan fingerprint density at radius 2 is 1.95 bits per heavy atom. The first-order chi connectivity index (χ1) is 9.45. The van der Waals surface area contributed by atoms with Crippen LogP contribution in [0, 0.1) is 5.92 Å². The minimum Gasteiger partial charge on any atom is -0.305 e. The van der Waals surface area contributed by atoms with Crippen LogP contribution >= 0.6 is 0 Å². The van der Waals surface area contributed by atoms with E-state index in [-0.39, 0.29) is 12.0 Å². The van der Waals surface area contributed by atoms with Gasteiger partial charge in [-0.2, -0.15) is 18.3 Å². The molecule has 20 heavy (non-hydrogen) atoms. The highest BCUT2D eigenvalue weighted by molar-refractivity contribution is 5.89. The van der Waals surface area contributed by atoms with E-state index in [1.54, 1.807) is 12.1 Å². The number of likely N-dealkylation sites (tertiary alicyclic amines) is 1. The Morgan fingerprint density at radius 1 is 1.25 bits per heavy atom. The molecule has 0 aliphatic carbocycles. The second kappa shape index (κ2) is 4.77. The summed E-state index contributed by atoms with van der Waals surface area (Å²) >= 11 is 0. The lowest BCUT2D eigenvalue weighted by atomic mass is 9.86. The zero-order valence-electron chi connectivity index (χ0n) is 11.1. The van der Waals surface area contributed by atoms with Gasteiger partial charge < -0.3 is 10.3 Å². The lowest BCUT2D eigenvalue weighted by molar-refractivity contribution is -0.137. The van der Waals surface area contributed by atoms with Gasteiger partial charge in [0.25, 0.3) is 0 Å². The van der Waals surface area contributed by atoms with Gasteiger partial charge in [0.2, 0.25) is 0 Å². The summed E-state index contributed by atoms with van der Waals surface area (Å²) in [5.41, 5.74) is 4.45. The zero-order valence-corrected chi connectivity index (χ0v) is 11.1. The maximum absolute atomic E-state index is 12.6. The monoisotopic (exact) mass is 283 g/mol. The molecule has 1 aromatic rings. The zero-order chi connectivity index (χ0) is 14.3. The van der Waals surface area contributed by atoms with Crippen molar-refractivity contribution in [1.29, 1.82) is 0 Å². The summed E-state index contributed by atoms with van der Waals surface area (Å²) in [4.78, 5) is 2.23. The average Bonchev–Trinajstić information content (AvgIpc) is 2.81. The number of piperidine rings is 1. The molecule has 2 aliphatic heterocycles. The first-order valence-electron chi connectivity index (χ1n) is 6.63. The van der Waals surface area contributed by atoms with Crippen LogP contribution in [0.3, 0.4) is 0 Å². The van der Waals surface area contributed by atoms with Gasteiger partial charge in [-0.05, 0) is 24.7 Å². The molecule has 1 N–H and O–H groups in total. The summed E-state index contributed by atoms with van der Waals surface area (Å²) in [6.45, 7) is 1.87. The van der Waals surface area contributed by atoms with E-state index in [4.69, 9.17) is 0 Å². The number of nitrogens with one attached hydrogen (secondary N) is 1. The highest BCUT2D eigenvalue weighted by Crippen LogP contribution is 2.34. The summed E-state index contributed by atoms with van der Waals surface area (Å²) < 4.78 is 37.7. The predicted octanol–water partition coefficient (Wildman–Crippen LogP) is 2.66. The molecule has 0 amide bonds. The standard InChI is InChI=1S/C14H16F3N3/c1-20-7-6-12-11(8-20)13(19-18-12)9-2-4-10(5-3-9)14(15,16)17/h2-5,11,13,19H,6-8H2,1H3. The number of fused-ring (bicyclic) bond motifs is 1. The molecule has 2 heterocycles. The molecule has 6 heteroatoms. The molecule has 3 nitrogen and oxygen atoms in total. The quantitative estimate of drug-likeness (QED) is 0.858. The average molecular weight is 283 g/mol. The Kier molecular flexibility index (Phi) is 3.20. The number of halogens is 3. The molecule has 0 aromatic heterocycles. The van der Waals surface area contributed by atoms with Gasteiger partial charge in [0.05, 0.1) is 11.6 Å². The fourth-order valence-corrected chi connectivity index (χ4v) is 2.89. The van der Waals surface area contributed by atoms with E-state index < -0.39 is 11.7 Å². The molecule has 0 bridgehead atoms. The van der Waals surface area contributed by atoms with E-state index in [0.29, 0.717) is 0 Å². The maximum Gasteiger partial charge on any atom is 0.416 e. The smallest absolute Gasteiger partial charge is 0.305 e. The van der Waals surface area contributed by atoms with Crippen LogP contribution in [0.15, 0.2) is 29.4 Å². The van der Waals surface area contributed by atoms with Crippen molar-refractivity contribution in [2.75, 3.05) is 20.1 Å². The molecule has 2 unspecified atom stereocenters. The molecule has 0 spiro atoms. The molecule has 3 rings (SSSR count). The minimum atomic E-state index is -4.28. The Morgan fingerprint density at radius 3 is 2.60 bits per heavy atom. The lowest BCUT2D eigenvalue weighted by Crippen LogP contribution is -2.39. The summed E-state index contributed by atoms with van der Waals surface area (Å²) in [5, 5.41) is 4.34. The Bertz CT molecular complexity index is 521. The van der Waals surface area contributed by atoms with Crippen LogP contribution in [0.1, 0.15) is 23.6 Å². The van der Waals surface area contributed by atoms with E-state index in [0.717, 1.165) is 42.9 Å². The molecule has 0 saturated carbocycles. The third kappa shape index (κ3) is 2.40. The third-order valence-electron chi connectivity index (χ3n) is 4.03. The number of alkyl halides is 3. The van der Waals surface area contributed by atoms with E-state index in [1.807, 2.05) is 0 Å². The molecule has 2 aliphatic rings. The van der Waals surface area contributed by atoms with Gasteiger partial charge in [-0.15, -0.1) is 0 Å². The van der Waals surface area contributed by atoms with Gasteiger partial charge in [-0.25, -0.2) is 0 Å². The van der Waals surface area contributed by atoms with Crippen LogP contribution < -0.4 is 5.43 Å². The van der Waals surface area contributed by atoms with Gasteiger partial charge in [0.1, 0.15) is 0 Å². The van der Waals surface area contributed by atoms with Crippen LogP contribution in [0.25, 0.3) is 0 Å². The van der Waals surface area contributed by atoms with Crippen molar-refractivity contribution in [1.82, 2.24) is 10.3 Å². The molecule has 108 valence electrons. The molecular weight excluding hydrogens is 267 g/mol. The summed E-state index contributed by atoms with van der Waals surface area (Å²) in [6.07, 6.45) is -3.36. The van der Waals surface area contributed by atoms with E-state index in [9.17, 15) is 13.2 Å². The summed E-state index contributed by atoms with van der Waals surface area (Å²) in [7, 11) is 2.05. The van der Waals surface area contributed by atoms with Gasteiger partial charge in [0, 0.05) is 31.1 Å². The topological polar surface area (TPSA) is 27.6 Å². The summed E-state index contributed by atoms with van der Waals surface area (Å²) in [5.74, 6) is 0.255. The van der Waals surface area contributed by atoms with E-state index in [1.165, 1.54) is 0 Å². The minimum absolute atomic E-state index is 0.0185. The fraction of sp³-hybridized carbons (Fsp3) is 0.500. The molecule has 2 atom stereocenters. The number of hydrogen-bond donors (Lipinski definition) is 1. The summed E-state index contributed by atoms with van der Waals surface area (Å²) in [6, 6.07) is 5.36. The van der Waals surface area contributed by atoms with Crippen LogP contribution in [0.2, 0.25) is 0 Å².